The molecule has 2 fully saturated rings. The first-order chi connectivity index (χ1) is 8.51. The number of carbonyl (C=O) groups excluding carboxylic acids is 1. The molecule has 2 aliphatic rings. The molecule has 2 N–H and O–H groups in total. The minimum Gasteiger partial charge on any atom is -0.481 e. The highest BCUT2D eigenvalue weighted by atomic mass is 16.4. The van der Waals surface area contributed by atoms with E-state index in [9.17, 15) is 9.59 Å². The van der Waals surface area contributed by atoms with Crippen molar-refractivity contribution in [3.05, 3.63) is 0 Å². The zero-order chi connectivity index (χ0) is 13.2. The van der Waals surface area contributed by atoms with Crippen molar-refractivity contribution in [1.29, 1.82) is 0 Å². The maximum Gasteiger partial charge on any atom is 0.317 e. The van der Waals surface area contributed by atoms with Crippen LogP contribution in [0.1, 0.15) is 39.0 Å². The van der Waals surface area contributed by atoms with E-state index < -0.39 is 11.4 Å². The molecule has 18 heavy (non-hydrogen) atoms. The van der Waals surface area contributed by atoms with Gasteiger partial charge in [-0.2, -0.15) is 0 Å². The summed E-state index contributed by atoms with van der Waals surface area (Å²) >= 11 is 0. The van der Waals surface area contributed by atoms with E-state index >= 15 is 0 Å². The zero-order valence-corrected chi connectivity index (χ0v) is 10.9. The topological polar surface area (TPSA) is 69.6 Å². The van der Waals surface area contributed by atoms with E-state index in [1.165, 1.54) is 19.3 Å². The summed E-state index contributed by atoms with van der Waals surface area (Å²) in [5, 5.41) is 12.0. The highest BCUT2D eigenvalue weighted by Crippen LogP contribution is 2.30. The third-order valence-corrected chi connectivity index (χ3v) is 4.33. The van der Waals surface area contributed by atoms with Gasteiger partial charge in [-0.3, -0.25) is 4.79 Å². The number of amides is 2. The lowest BCUT2D eigenvalue weighted by Gasteiger charge is -2.26. The number of rotatable bonds is 4. The van der Waals surface area contributed by atoms with E-state index in [0.717, 1.165) is 12.3 Å². The Morgan fingerprint density at radius 2 is 2.17 bits per heavy atom. The van der Waals surface area contributed by atoms with E-state index in [1.54, 1.807) is 11.8 Å². The van der Waals surface area contributed by atoms with E-state index in [1.807, 2.05) is 0 Å². The molecule has 0 aromatic heterocycles. The highest BCUT2D eigenvalue weighted by Gasteiger charge is 2.42. The van der Waals surface area contributed by atoms with Gasteiger partial charge in [-0.1, -0.05) is 19.3 Å². The van der Waals surface area contributed by atoms with Crippen molar-refractivity contribution in [2.45, 2.75) is 39.0 Å². The molecule has 5 nitrogen and oxygen atoms in total. The fourth-order valence-corrected chi connectivity index (χ4v) is 2.59. The van der Waals surface area contributed by atoms with Crippen LogP contribution >= 0.6 is 0 Å². The van der Waals surface area contributed by atoms with Crippen LogP contribution in [-0.4, -0.2) is 41.6 Å². The predicted molar refractivity (Wildman–Crippen MR) is 67.3 cm³/mol. The van der Waals surface area contributed by atoms with Gasteiger partial charge in [-0.25, -0.2) is 4.79 Å². The molecule has 1 heterocycles. The molecule has 102 valence electrons. The van der Waals surface area contributed by atoms with Crippen molar-refractivity contribution in [1.82, 2.24) is 10.2 Å². The fraction of sp³-hybridized carbons (Fsp3) is 0.846. The van der Waals surface area contributed by atoms with E-state index in [-0.39, 0.29) is 6.03 Å². The van der Waals surface area contributed by atoms with Crippen molar-refractivity contribution in [3.63, 3.8) is 0 Å². The molecule has 1 saturated heterocycles. The van der Waals surface area contributed by atoms with Crippen LogP contribution in [0.3, 0.4) is 0 Å². The smallest absolute Gasteiger partial charge is 0.317 e. The quantitative estimate of drug-likeness (QED) is 0.802. The van der Waals surface area contributed by atoms with Gasteiger partial charge in [-0.05, 0) is 25.7 Å². The number of nitrogens with zero attached hydrogens (tertiary/aromatic N) is 1. The van der Waals surface area contributed by atoms with Gasteiger partial charge >= 0.3 is 12.0 Å². The van der Waals surface area contributed by atoms with Crippen molar-refractivity contribution in [2.24, 2.45) is 11.3 Å². The third-order valence-electron chi connectivity index (χ3n) is 4.33. The summed E-state index contributed by atoms with van der Waals surface area (Å²) in [5.41, 5.74) is -0.773. The van der Waals surface area contributed by atoms with Gasteiger partial charge in [0.15, 0.2) is 0 Å². The second-order valence-electron chi connectivity index (χ2n) is 5.85. The van der Waals surface area contributed by atoms with Gasteiger partial charge in [0.1, 0.15) is 0 Å². The minimum absolute atomic E-state index is 0.112. The number of nitrogens with one attached hydrogen (secondary N) is 1. The molecule has 1 aliphatic heterocycles. The Morgan fingerprint density at radius 3 is 2.67 bits per heavy atom. The van der Waals surface area contributed by atoms with Gasteiger partial charge in [0.05, 0.1) is 5.41 Å². The van der Waals surface area contributed by atoms with Gasteiger partial charge < -0.3 is 15.3 Å². The van der Waals surface area contributed by atoms with Gasteiger partial charge in [0.2, 0.25) is 0 Å². The zero-order valence-electron chi connectivity index (χ0n) is 10.9. The lowest BCUT2D eigenvalue weighted by Crippen LogP contribution is -2.41. The average molecular weight is 254 g/mol. The standard InChI is InChI=1S/C13H22N2O3/c1-13(11(16)17)6-8-15(9-13)12(18)14-7-5-10-3-2-4-10/h10H,2-9H2,1H3,(H,14,18)(H,16,17). The van der Waals surface area contributed by atoms with E-state index in [0.29, 0.717) is 26.1 Å². The Labute approximate surface area is 108 Å². The number of hydrogen-bond donors (Lipinski definition) is 2. The maximum atomic E-state index is 11.9. The third kappa shape index (κ3) is 2.76. The van der Waals surface area contributed by atoms with Gasteiger partial charge in [0.25, 0.3) is 0 Å². The molecule has 1 aliphatic carbocycles. The molecule has 1 saturated carbocycles. The predicted octanol–water partition coefficient (Wildman–Crippen LogP) is 1.68. The number of carboxylic acids is 1. The summed E-state index contributed by atoms with van der Waals surface area (Å²) in [6.07, 6.45) is 5.49. The van der Waals surface area contributed by atoms with Crippen LogP contribution in [0.4, 0.5) is 4.79 Å². The van der Waals surface area contributed by atoms with E-state index in [4.69, 9.17) is 5.11 Å². The van der Waals surface area contributed by atoms with Crippen LogP contribution in [0.25, 0.3) is 0 Å². The molecule has 1 unspecified atom stereocenters. The van der Waals surface area contributed by atoms with Gasteiger partial charge in [-0.15, -0.1) is 0 Å². The molecular weight excluding hydrogens is 232 g/mol. The molecule has 2 rings (SSSR count). The molecule has 0 aromatic carbocycles. The summed E-state index contributed by atoms with van der Waals surface area (Å²) in [7, 11) is 0. The highest BCUT2D eigenvalue weighted by molar-refractivity contribution is 5.79. The van der Waals surface area contributed by atoms with E-state index in [2.05, 4.69) is 5.32 Å². The van der Waals surface area contributed by atoms with Crippen molar-refractivity contribution < 1.29 is 14.7 Å². The van der Waals surface area contributed by atoms with Crippen LogP contribution in [0.5, 0.6) is 0 Å². The van der Waals surface area contributed by atoms with Crippen LogP contribution in [-0.2, 0) is 4.79 Å². The van der Waals surface area contributed by atoms with Crippen molar-refractivity contribution in [2.75, 3.05) is 19.6 Å². The maximum absolute atomic E-state index is 11.9. The summed E-state index contributed by atoms with van der Waals surface area (Å²) in [6.45, 7) is 3.27. The molecule has 1 atom stereocenters. The summed E-state index contributed by atoms with van der Waals surface area (Å²) in [4.78, 5) is 24.6. The Kier molecular flexibility index (Phi) is 3.78. The molecule has 0 aromatic rings. The Hall–Kier alpha value is -1.26. The Morgan fingerprint density at radius 1 is 1.44 bits per heavy atom. The summed E-state index contributed by atoms with van der Waals surface area (Å²) < 4.78 is 0. The minimum atomic E-state index is -0.813. The first kappa shape index (κ1) is 13.2. The summed E-state index contributed by atoms with van der Waals surface area (Å²) in [5.74, 6) is -0.0274. The van der Waals surface area contributed by atoms with Crippen LogP contribution < -0.4 is 5.32 Å². The van der Waals surface area contributed by atoms with Crippen molar-refractivity contribution >= 4 is 12.0 Å². The number of carbonyl (C=O) groups is 2. The fourth-order valence-electron chi connectivity index (χ4n) is 2.59. The molecule has 0 bridgehead atoms. The number of urea groups is 1. The largest absolute Gasteiger partial charge is 0.481 e. The lowest BCUT2D eigenvalue weighted by molar-refractivity contribution is -0.146. The average Bonchev–Trinajstić information content (AvgIpc) is 2.66. The van der Waals surface area contributed by atoms with Gasteiger partial charge in [0, 0.05) is 19.6 Å². The second-order valence-corrected chi connectivity index (χ2v) is 5.85. The first-order valence-corrected chi connectivity index (χ1v) is 6.77. The molecule has 5 heteroatoms. The Balaban J connectivity index is 1.71. The Bertz CT molecular complexity index is 341. The van der Waals surface area contributed by atoms with Crippen LogP contribution in [0.2, 0.25) is 0 Å². The number of carboxylic acid groups (broad SMARTS) is 1. The summed E-state index contributed by atoms with van der Waals surface area (Å²) in [6, 6.07) is -0.112. The van der Waals surface area contributed by atoms with Crippen molar-refractivity contribution in [3.8, 4) is 0 Å². The number of hydrogen-bond acceptors (Lipinski definition) is 2. The molecular formula is C13H22N2O3. The van der Waals surface area contributed by atoms with Crippen LogP contribution in [0.15, 0.2) is 0 Å². The SMILES string of the molecule is CC1(C(=O)O)CCN(C(=O)NCCC2CCC2)C1. The molecule has 0 radical (unpaired) electrons. The normalized spacial score (nSPS) is 27.9. The molecule has 2 amide bonds. The monoisotopic (exact) mass is 254 g/mol. The van der Waals surface area contributed by atoms with Crippen LogP contribution in [0, 0.1) is 11.3 Å². The number of aliphatic carboxylic acids is 1. The number of likely N-dealkylation sites (tertiary alicyclic amines) is 1. The molecule has 0 spiro atoms. The lowest BCUT2D eigenvalue weighted by atomic mass is 9.83. The first-order valence-electron chi connectivity index (χ1n) is 6.77. The second kappa shape index (κ2) is 5.16.